The molecule has 4 rings (SSSR count). The van der Waals surface area contributed by atoms with Gasteiger partial charge in [0, 0.05) is 25.0 Å². The van der Waals surface area contributed by atoms with Crippen LogP contribution in [0.1, 0.15) is 60.1 Å². The van der Waals surface area contributed by atoms with Crippen molar-refractivity contribution in [1.82, 2.24) is 20.4 Å². The number of benzene rings is 2. The molecule has 0 saturated carbocycles. The number of Topliss-reactive ketones (excluding diaryl/α,β-unsaturated/α-hetero) is 1. The molecule has 2 heterocycles. The van der Waals surface area contributed by atoms with Gasteiger partial charge in [0.2, 0.25) is 0 Å². The first-order valence-electron chi connectivity index (χ1n) is 12.4. The smallest absolute Gasteiger partial charge is 0.432 e. The summed E-state index contributed by atoms with van der Waals surface area (Å²) in [5, 5.41) is 8.44. The van der Waals surface area contributed by atoms with Crippen LogP contribution in [-0.4, -0.2) is 46.1 Å². The maximum absolute atomic E-state index is 12.9. The molecule has 0 atom stereocenters. The molecular formula is C28H31F3N4O3. The lowest BCUT2D eigenvalue weighted by Crippen LogP contribution is -2.50. The first kappa shape index (κ1) is 27.2. The Kier molecular flexibility index (Phi) is 7.53. The summed E-state index contributed by atoms with van der Waals surface area (Å²) in [6, 6.07) is 12.2. The van der Waals surface area contributed by atoms with E-state index in [1.54, 1.807) is 12.0 Å². The standard InChI is InChI=1S/C28H31F3N4O3/c1-27(2,3)32-26(37)35-13-12-21-20(18-6-5-7-19(14-18)38-4)10-8-17(22(21)16-35)9-11-24(36)23-15-25(34-33-23)28(29,30)31/h5-8,10,14-15H,9,11-13,16H2,1-4H3,(H,32,37)(H,33,34). The highest BCUT2D eigenvalue weighted by atomic mass is 19.4. The molecule has 1 aliphatic heterocycles. The fourth-order valence-electron chi connectivity index (χ4n) is 4.60. The number of methoxy groups -OCH3 is 1. The number of rotatable bonds is 6. The van der Waals surface area contributed by atoms with Crippen LogP contribution in [-0.2, 0) is 25.6 Å². The van der Waals surface area contributed by atoms with Crippen LogP contribution in [0.2, 0.25) is 0 Å². The third-order valence-corrected chi connectivity index (χ3v) is 6.45. The number of aryl methyl sites for hydroxylation is 1. The number of H-pyrrole nitrogens is 1. The second-order valence-corrected chi connectivity index (χ2v) is 10.4. The Morgan fingerprint density at radius 2 is 1.87 bits per heavy atom. The van der Waals surface area contributed by atoms with Crippen LogP contribution in [0.3, 0.4) is 0 Å². The van der Waals surface area contributed by atoms with Crippen molar-refractivity contribution in [3.8, 4) is 16.9 Å². The second kappa shape index (κ2) is 10.5. The highest BCUT2D eigenvalue weighted by molar-refractivity contribution is 5.94. The first-order valence-corrected chi connectivity index (χ1v) is 12.4. The van der Waals surface area contributed by atoms with Crippen molar-refractivity contribution in [3.63, 3.8) is 0 Å². The molecule has 3 aromatic rings. The number of hydrogen-bond acceptors (Lipinski definition) is 4. The lowest BCUT2D eigenvalue weighted by Gasteiger charge is -2.34. The van der Waals surface area contributed by atoms with Gasteiger partial charge in [-0.25, -0.2) is 4.79 Å². The predicted octanol–water partition coefficient (Wildman–Crippen LogP) is 5.79. The van der Waals surface area contributed by atoms with E-state index in [0.29, 0.717) is 25.9 Å². The third kappa shape index (κ3) is 6.17. The zero-order valence-electron chi connectivity index (χ0n) is 21.8. The molecule has 202 valence electrons. The minimum Gasteiger partial charge on any atom is -0.497 e. The van der Waals surface area contributed by atoms with Gasteiger partial charge < -0.3 is 15.0 Å². The normalized spacial score (nSPS) is 13.7. The number of nitrogens with zero attached hydrogens (tertiary/aromatic N) is 2. The maximum atomic E-state index is 12.9. The van der Waals surface area contributed by atoms with Crippen molar-refractivity contribution < 1.29 is 27.5 Å². The molecule has 1 aliphatic rings. The SMILES string of the molecule is COc1cccc(-c2ccc(CCC(=O)c3cc(C(F)(F)F)[nH]n3)c3c2CCN(C(=O)NC(C)(C)C)C3)c1. The number of amides is 2. The van der Waals surface area contributed by atoms with E-state index in [9.17, 15) is 22.8 Å². The van der Waals surface area contributed by atoms with Crippen LogP contribution in [0.5, 0.6) is 5.75 Å². The number of fused-ring (bicyclic) bond motifs is 1. The number of aromatic nitrogens is 2. The van der Waals surface area contributed by atoms with E-state index in [4.69, 9.17) is 4.74 Å². The van der Waals surface area contributed by atoms with Gasteiger partial charge in [-0.1, -0.05) is 24.3 Å². The average molecular weight is 529 g/mol. The Labute approximate surface area is 219 Å². The minimum absolute atomic E-state index is 0.0126. The number of urea groups is 1. The van der Waals surface area contributed by atoms with E-state index in [1.807, 2.05) is 62.3 Å². The van der Waals surface area contributed by atoms with Gasteiger partial charge in [0.1, 0.15) is 17.1 Å². The monoisotopic (exact) mass is 528 g/mol. The minimum atomic E-state index is -4.60. The lowest BCUT2D eigenvalue weighted by molar-refractivity contribution is -0.141. The van der Waals surface area contributed by atoms with Crippen molar-refractivity contribution in [3.05, 3.63) is 70.5 Å². The summed E-state index contributed by atoms with van der Waals surface area (Å²) in [7, 11) is 1.61. The van der Waals surface area contributed by atoms with E-state index in [2.05, 4.69) is 10.4 Å². The molecule has 2 amide bonds. The van der Waals surface area contributed by atoms with Crippen molar-refractivity contribution in [2.45, 2.75) is 58.3 Å². The van der Waals surface area contributed by atoms with Crippen LogP contribution in [0, 0.1) is 0 Å². The van der Waals surface area contributed by atoms with Gasteiger partial charge in [0.25, 0.3) is 0 Å². The van der Waals surface area contributed by atoms with Crippen molar-refractivity contribution >= 4 is 11.8 Å². The van der Waals surface area contributed by atoms with Gasteiger partial charge in [0.15, 0.2) is 5.78 Å². The number of aromatic amines is 1. The summed E-state index contributed by atoms with van der Waals surface area (Å²) in [4.78, 5) is 27.4. The first-order chi connectivity index (χ1) is 17.9. The Bertz CT molecular complexity index is 1340. The molecule has 38 heavy (non-hydrogen) atoms. The number of ether oxygens (including phenoxy) is 1. The van der Waals surface area contributed by atoms with Gasteiger partial charge >= 0.3 is 12.2 Å². The number of halogens is 3. The molecule has 0 radical (unpaired) electrons. The Hall–Kier alpha value is -3.82. The Balaban J connectivity index is 1.63. The van der Waals surface area contributed by atoms with Crippen LogP contribution < -0.4 is 10.1 Å². The van der Waals surface area contributed by atoms with Gasteiger partial charge in [-0.3, -0.25) is 9.89 Å². The molecule has 10 heteroatoms. The number of hydrogen-bond donors (Lipinski definition) is 2. The molecule has 0 aliphatic carbocycles. The largest absolute Gasteiger partial charge is 0.497 e. The molecule has 7 nitrogen and oxygen atoms in total. The van der Waals surface area contributed by atoms with Crippen LogP contribution in [0.15, 0.2) is 42.5 Å². The van der Waals surface area contributed by atoms with Crippen molar-refractivity contribution in [1.29, 1.82) is 0 Å². The molecular weight excluding hydrogens is 497 g/mol. The predicted molar refractivity (Wildman–Crippen MR) is 137 cm³/mol. The number of carbonyl (C=O) groups excluding carboxylic acids is 2. The quantitative estimate of drug-likeness (QED) is 0.397. The molecule has 0 spiro atoms. The van der Waals surface area contributed by atoms with E-state index >= 15 is 0 Å². The van der Waals surface area contributed by atoms with Crippen molar-refractivity contribution in [2.24, 2.45) is 0 Å². The van der Waals surface area contributed by atoms with Crippen LogP contribution in [0.25, 0.3) is 11.1 Å². The number of carbonyl (C=O) groups is 2. The summed E-state index contributed by atoms with van der Waals surface area (Å²) in [6.07, 6.45) is -3.68. The summed E-state index contributed by atoms with van der Waals surface area (Å²) in [6.45, 7) is 6.64. The fourth-order valence-corrected chi connectivity index (χ4v) is 4.60. The summed E-state index contributed by atoms with van der Waals surface area (Å²) in [5.41, 5.74) is 3.22. The number of ketones is 1. The van der Waals surface area contributed by atoms with E-state index in [1.165, 1.54) is 0 Å². The number of alkyl halides is 3. The molecule has 0 unspecified atom stereocenters. The molecule has 0 bridgehead atoms. The van der Waals surface area contributed by atoms with Gasteiger partial charge in [-0.2, -0.15) is 18.3 Å². The van der Waals surface area contributed by atoms with Gasteiger partial charge in [0.05, 0.1) is 7.11 Å². The topological polar surface area (TPSA) is 87.3 Å². The average Bonchev–Trinajstić information content (AvgIpc) is 3.37. The zero-order valence-corrected chi connectivity index (χ0v) is 21.8. The molecule has 0 fully saturated rings. The molecule has 2 aromatic carbocycles. The summed E-state index contributed by atoms with van der Waals surface area (Å²) >= 11 is 0. The van der Waals surface area contributed by atoms with E-state index in [0.717, 1.165) is 39.6 Å². The third-order valence-electron chi connectivity index (χ3n) is 6.45. The van der Waals surface area contributed by atoms with Crippen molar-refractivity contribution in [2.75, 3.05) is 13.7 Å². The van der Waals surface area contributed by atoms with E-state index in [-0.39, 0.29) is 18.1 Å². The Morgan fingerprint density at radius 1 is 1.11 bits per heavy atom. The molecule has 1 aromatic heterocycles. The maximum Gasteiger partial charge on any atom is 0.432 e. The fraction of sp³-hybridized carbons (Fsp3) is 0.393. The van der Waals surface area contributed by atoms with E-state index < -0.39 is 23.2 Å². The Morgan fingerprint density at radius 3 is 2.53 bits per heavy atom. The van der Waals surface area contributed by atoms with Crippen LogP contribution >= 0.6 is 0 Å². The zero-order chi connectivity index (χ0) is 27.7. The molecule has 0 saturated heterocycles. The van der Waals surface area contributed by atoms with Gasteiger partial charge in [-0.15, -0.1) is 0 Å². The number of nitrogens with one attached hydrogen (secondary N) is 2. The van der Waals surface area contributed by atoms with Crippen LogP contribution in [0.4, 0.5) is 18.0 Å². The highest BCUT2D eigenvalue weighted by Gasteiger charge is 2.34. The van der Waals surface area contributed by atoms with Gasteiger partial charge in [-0.05, 0) is 79.6 Å². The molecule has 2 N–H and O–H groups in total. The summed E-state index contributed by atoms with van der Waals surface area (Å²) in [5.74, 6) is 0.241. The second-order valence-electron chi connectivity index (χ2n) is 10.4. The summed E-state index contributed by atoms with van der Waals surface area (Å²) < 4.78 is 44.1. The highest BCUT2D eigenvalue weighted by Crippen LogP contribution is 2.35. The lowest BCUT2D eigenvalue weighted by atomic mass is 9.86.